The first kappa shape index (κ1) is 17.9. The number of aliphatic carboxylic acids is 1. The van der Waals surface area contributed by atoms with E-state index in [1.807, 2.05) is 0 Å². The molecular weight excluding hydrogens is 362 g/mol. The van der Waals surface area contributed by atoms with Crippen molar-refractivity contribution in [1.82, 2.24) is 20.3 Å². The Balaban J connectivity index is 1.81. The van der Waals surface area contributed by atoms with Gasteiger partial charge in [-0.3, -0.25) is 14.9 Å². The van der Waals surface area contributed by atoms with Crippen LogP contribution in [0.25, 0.3) is 5.69 Å². The van der Waals surface area contributed by atoms with Gasteiger partial charge in [-0.1, -0.05) is 11.3 Å². The summed E-state index contributed by atoms with van der Waals surface area (Å²) in [7, 11) is 0. The normalized spacial score (nSPS) is 16.0. The van der Waals surface area contributed by atoms with E-state index in [4.69, 9.17) is 0 Å². The molecule has 1 amide bonds. The molecular formula is C15H15N5O5S. The molecule has 0 saturated carbocycles. The maximum absolute atomic E-state index is 12.4. The highest BCUT2D eigenvalue weighted by Gasteiger charge is 2.41. The van der Waals surface area contributed by atoms with Crippen LogP contribution in [-0.4, -0.2) is 53.9 Å². The lowest BCUT2D eigenvalue weighted by Gasteiger charge is -2.33. The second-order valence-corrected chi connectivity index (χ2v) is 7.00. The molecule has 1 saturated heterocycles. The van der Waals surface area contributed by atoms with Gasteiger partial charge in [0.25, 0.3) is 11.6 Å². The van der Waals surface area contributed by atoms with Crippen LogP contribution >= 0.6 is 11.8 Å². The van der Waals surface area contributed by atoms with Crippen molar-refractivity contribution in [3.05, 3.63) is 46.3 Å². The van der Waals surface area contributed by atoms with E-state index in [-0.39, 0.29) is 11.4 Å². The summed E-state index contributed by atoms with van der Waals surface area (Å²) in [6.45, 7) is 0. The molecule has 10 nitrogen and oxygen atoms in total. The van der Waals surface area contributed by atoms with Crippen molar-refractivity contribution in [3.8, 4) is 5.69 Å². The van der Waals surface area contributed by atoms with Crippen molar-refractivity contribution in [3.63, 3.8) is 0 Å². The summed E-state index contributed by atoms with van der Waals surface area (Å²) in [5, 5.41) is 30.5. The average Bonchev–Trinajstić information content (AvgIpc) is 3.13. The van der Waals surface area contributed by atoms with Crippen LogP contribution in [0.1, 0.15) is 23.3 Å². The lowest BCUT2D eigenvalue weighted by molar-refractivity contribution is -0.384. The van der Waals surface area contributed by atoms with E-state index in [2.05, 4.69) is 15.6 Å². The Morgan fingerprint density at radius 2 is 2.08 bits per heavy atom. The number of carboxylic acids is 1. The number of carboxylic acid groups (broad SMARTS) is 1. The minimum Gasteiger partial charge on any atom is -0.480 e. The Labute approximate surface area is 151 Å². The third-order valence-corrected chi connectivity index (χ3v) is 5.13. The van der Waals surface area contributed by atoms with Crippen molar-refractivity contribution in [2.24, 2.45) is 0 Å². The molecule has 26 heavy (non-hydrogen) atoms. The number of benzene rings is 1. The number of carbonyl (C=O) groups excluding carboxylic acids is 1. The number of thioether (sulfide) groups is 1. The topological polar surface area (TPSA) is 140 Å². The van der Waals surface area contributed by atoms with E-state index in [1.165, 1.54) is 29.1 Å². The summed E-state index contributed by atoms with van der Waals surface area (Å²) in [5.74, 6) is -0.423. The number of nitro groups is 1. The van der Waals surface area contributed by atoms with Gasteiger partial charge in [-0.05, 0) is 30.4 Å². The number of aromatic nitrogens is 3. The molecule has 1 aliphatic heterocycles. The van der Waals surface area contributed by atoms with Crippen molar-refractivity contribution in [2.45, 2.75) is 18.4 Å². The SMILES string of the molecule is O=C(NC1(C(=O)O)CCSCC1)c1cn(-c2cccc([N+](=O)[O-])c2)nn1. The predicted molar refractivity (Wildman–Crippen MR) is 92.4 cm³/mol. The van der Waals surface area contributed by atoms with Gasteiger partial charge in [0.15, 0.2) is 5.69 Å². The summed E-state index contributed by atoms with van der Waals surface area (Å²) in [6, 6.07) is 5.72. The minimum atomic E-state index is -1.31. The van der Waals surface area contributed by atoms with Crippen LogP contribution in [0.5, 0.6) is 0 Å². The Bertz CT molecular complexity index is 862. The summed E-state index contributed by atoms with van der Waals surface area (Å²) in [4.78, 5) is 34.4. The van der Waals surface area contributed by atoms with Crippen LogP contribution in [0.2, 0.25) is 0 Å². The average molecular weight is 377 g/mol. The van der Waals surface area contributed by atoms with Crippen molar-refractivity contribution in [2.75, 3.05) is 11.5 Å². The molecule has 2 heterocycles. The summed E-state index contributed by atoms with van der Waals surface area (Å²) in [6.07, 6.45) is 1.97. The lowest BCUT2D eigenvalue weighted by atomic mass is 9.92. The molecule has 0 spiro atoms. The fourth-order valence-corrected chi connectivity index (χ4v) is 3.83. The monoisotopic (exact) mass is 377 g/mol. The zero-order valence-electron chi connectivity index (χ0n) is 13.5. The summed E-state index contributed by atoms with van der Waals surface area (Å²) in [5.41, 5.74) is -1.12. The molecule has 136 valence electrons. The third kappa shape index (κ3) is 3.52. The molecule has 2 N–H and O–H groups in total. The molecule has 0 aliphatic carbocycles. The van der Waals surface area contributed by atoms with Gasteiger partial charge in [0, 0.05) is 12.1 Å². The zero-order valence-corrected chi connectivity index (χ0v) is 14.3. The molecule has 1 aromatic heterocycles. The summed E-state index contributed by atoms with van der Waals surface area (Å²) >= 11 is 1.64. The molecule has 0 bridgehead atoms. The molecule has 11 heteroatoms. The van der Waals surface area contributed by atoms with Crippen LogP contribution in [-0.2, 0) is 4.79 Å². The van der Waals surface area contributed by atoms with Gasteiger partial charge in [0.2, 0.25) is 0 Å². The minimum absolute atomic E-state index is 0.0599. The van der Waals surface area contributed by atoms with Gasteiger partial charge in [-0.25, -0.2) is 9.48 Å². The molecule has 1 fully saturated rings. The lowest BCUT2D eigenvalue weighted by Crippen LogP contribution is -2.56. The standard InChI is InChI=1S/C15H15N5O5S/c21-13(16-15(14(22)23)4-6-26-7-5-15)12-9-19(18-17-12)10-2-1-3-11(8-10)20(24)25/h1-3,8-9H,4-7H2,(H,16,21)(H,22,23). The number of hydrogen-bond donors (Lipinski definition) is 2. The van der Waals surface area contributed by atoms with Crippen LogP contribution in [0.15, 0.2) is 30.5 Å². The predicted octanol–water partition coefficient (Wildman–Crippen LogP) is 1.26. The fraction of sp³-hybridized carbons (Fsp3) is 0.333. The van der Waals surface area contributed by atoms with Crippen molar-refractivity contribution in [1.29, 1.82) is 0 Å². The maximum Gasteiger partial charge on any atom is 0.329 e. The number of nitrogens with one attached hydrogen (secondary N) is 1. The third-order valence-electron chi connectivity index (χ3n) is 4.14. The molecule has 1 aliphatic rings. The molecule has 0 unspecified atom stereocenters. The molecule has 3 rings (SSSR count). The van der Waals surface area contributed by atoms with Crippen LogP contribution in [0, 0.1) is 10.1 Å². The van der Waals surface area contributed by atoms with E-state index in [9.17, 15) is 24.8 Å². The Morgan fingerprint density at radius 1 is 1.35 bits per heavy atom. The second-order valence-electron chi connectivity index (χ2n) is 5.78. The Hall–Kier alpha value is -2.95. The summed E-state index contributed by atoms with van der Waals surface area (Å²) < 4.78 is 1.23. The number of nitrogens with zero attached hydrogens (tertiary/aromatic N) is 4. The highest BCUT2D eigenvalue weighted by Crippen LogP contribution is 2.27. The Kier molecular flexibility index (Phi) is 4.89. The van der Waals surface area contributed by atoms with Crippen molar-refractivity contribution < 1.29 is 19.6 Å². The fourth-order valence-electron chi connectivity index (χ4n) is 2.64. The first-order valence-electron chi connectivity index (χ1n) is 7.72. The highest BCUT2D eigenvalue weighted by molar-refractivity contribution is 7.99. The number of non-ortho nitro benzene ring substituents is 1. The number of rotatable bonds is 5. The smallest absolute Gasteiger partial charge is 0.329 e. The quantitative estimate of drug-likeness (QED) is 0.586. The maximum atomic E-state index is 12.4. The molecule has 0 radical (unpaired) electrons. The van der Waals surface area contributed by atoms with E-state index >= 15 is 0 Å². The van der Waals surface area contributed by atoms with E-state index < -0.39 is 22.3 Å². The number of nitro benzene ring substituents is 1. The van der Waals surface area contributed by atoms with Gasteiger partial charge in [0.1, 0.15) is 5.54 Å². The van der Waals surface area contributed by atoms with Crippen molar-refractivity contribution >= 4 is 29.3 Å². The number of carbonyl (C=O) groups is 2. The van der Waals surface area contributed by atoms with Gasteiger partial charge in [-0.15, -0.1) is 5.10 Å². The van der Waals surface area contributed by atoms with E-state index in [0.29, 0.717) is 30.0 Å². The van der Waals surface area contributed by atoms with Gasteiger partial charge in [-0.2, -0.15) is 11.8 Å². The van der Waals surface area contributed by atoms with Gasteiger partial charge < -0.3 is 10.4 Å². The van der Waals surface area contributed by atoms with Crippen LogP contribution in [0.4, 0.5) is 5.69 Å². The van der Waals surface area contributed by atoms with E-state index in [0.717, 1.165) is 0 Å². The van der Waals surface area contributed by atoms with Crippen LogP contribution in [0.3, 0.4) is 0 Å². The second kappa shape index (κ2) is 7.12. The first-order chi connectivity index (χ1) is 12.4. The largest absolute Gasteiger partial charge is 0.480 e. The van der Waals surface area contributed by atoms with Gasteiger partial charge >= 0.3 is 5.97 Å². The molecule has 0 atom stereocenters. The Morgan fingerprint density at radius 3 is 2.73 bits per heavy atom. The van der Waals surface area contributed by atoms with Crippen LogP contribution < -0.4 is 5.32 Å². The molecule has 2 aromatic rings. The first-order valence-corrected chi connectivity index (χ1v) is 8.88. The molecule has 1 aromatic carbocycles. The van der Waals surface area contributed by atoms with E-state index in [1.54, 1.807) is 17.8 Å². The van der Waals surface area contributed by atoms with Gasteiger partial charge in [0.05, 0.1) is 16.8 Å². The number of amides is 1. The number of hydrogen-bond acceptors (Lipinski definition) is 7. The zero-order chi connectivity index (χ0) is 18.7. The highest BCUT2D eigenvalue weighted by atomic mass is 32.2.